The molecule has 1 aromatic rings. The Kier molecular flexibility index (Phi) is 3.84. The lowest BCUT2D eigenvalue weighted by atomic mass is 10.3. The number of halogens is 4. The number of alkyl halides is 4. The van der Waals surface area contributed by atoms with Crippen molar-refractivity contribution in [3.8, 4) is 5.75 Å². The van der Waals surface area contributed by atoms with Crippen molar-refractivity contribution in [2.45, 2.75) is 17.2 Å². The van der Waals surface area contributed by atoms with E-state index in [9.17, 15) is 17.6 Å². The minimum Gasteiger partial charge on any atom is -0.508 e. The number of hydrogen-bond acceptors (Lipinski definition) is 2. The molecule has 0 unspecified atom stereocenters. The van der Waals surface area contributed by atoms with Gasteiger partial charge < -0.3 is 5.11 Å². The summed E-state index contributed by atoms with van der Waals surface area (Å²) in [6.07, 6.45) is -3.65. The largest absolute Gasteiger partial charge is 0.508 e. The monoisotopic (exact) mass is 240 g/mol. The second kappa shape index (κ2) is 4.74. The molecule has 15 heavy (non-hydrogen) atoms. The van der Waals surface area contributed by atoms with Crippen LogP contribution in [0.1, 0.15) is 0 Å². The fraction of sp³-hybridized carbons (Fsp3) is 0.333. The molecule has 0 radical (unpaired) electrons. The van der Waals surface area contributed by atoms with E-state index >= 15 is 0 Å². The van der Waals surface area contributed by atoms with Crippen LogP contribution in [0.15, 0.2) is 29.2 Å². The molecule has 0 bridgehead atoms. The average Bonchev–Trinajstić information content (AvgIpc) is 2.17. The molecule has 0 aromatic heterocycles. The van der Waals surface area contributed by atoms with Gasteiger partial charge in [-0.2, -0.15) is 8.78 Å². The lowest BCUT2D eigenvalue weighted by Gasteiger charge is -2.14. The Morgan fingerprint density at radius 1 is 1.20 bits per heavy atom. The van der Waals surface area contributed by atoms with Crippen LogP contribution in [-0.4, -0.2) is 23.2 Å². The molecule has 0 aliphatic carbocycles. The van der Waals surface area contributed by atoms with Gasteiger partial charge in [0.1, 0.15) is 5.75 Å². The minimum absolute atomic E-state index is 0.0000280. The third kappa shape index (κ3) is 3.62. The van der Waals surface area contributed by atoms with E-state index in [-0.39, 0.29) is 5.75 Å². The molecule has 6 heteroatoms. The fourth-order valence-corrected chi connectivity index (χ4v) is 1.60. The SMILES string of the molecule is Oc1ccc(SCC(F)(F)C(F)F)cc1. The molecule has 0 heterocycles. The first-order valence-corrected chi connectivity index (χ1v) is 4.98. The van der Waals surface area contributed by atoms with Crippen LogP contribution in [0.4, 0.5) is 17.6 Å². The zero-order chi connectivity index (χ0) is 11.5. The molecule has 0 fully saturated rings. The molecule has 1 aromatic carbocycles. The summed E-state index contributed by atoms with van der Waals surface area (Å²) in [5, 5.41) is 8.90. The zero-order valence-electron chi connectivity index (χ0n) is 7.46. The second-order valence-corrected chi connectivity index (χ2v) is 3.89. The smallest absolute Gasteiger partial charge is 0.316 e. The summed E-state index contributed by atoms with van der Waals surface area (Å²) in [5.74, 6) is -4.96. The molecule has 1 N–H and O–H groups in total. The summed E-state index contributed by atoms with van der Waals surface area (Å²) in [4.78, 5) is 0.410. The maximum atomic E-state index is 12.5. The van der Waals surface area contributed by atoms with Gasteiger partial charge in [-0.05, 0) is 24.3 Å². The summed E-state index contributed by atoms with van der Waals surface area (Å²) in [6, 6.07) is 5.40. The molecule has 0 saturated carbocycles. The van der Waals surface area contributed by atoms with Gasteiger partial charge in [0.2, 0.25) is 0 Å². The summed E-state index contributed by atoms with van der Waals surface area (Å²) in [5.41, 5.74) is 0. The van der Waals surface area contributed by atoms with Crippen LogP contribution in [0.5, 0.6) is 5.75 Å². The highest BCUT2D eigenvalue weighted by atomic mass is 32.2. The van der Waals surface area contributed by atoms with E-state index in [1.54, 1.807) is 0 Å². The maximum Gasteiger partial charge on any atom is 0.316 e. The van der Waals surface area contributed by atoms with E-state index in [4.69, 9.17) is 5.11 Å². The van der Waals surface area contributed by atoms with Crippen LogP contribution < -0.4 is 0 Å². The van der Waals surface area contributed by atoms with Crippen LogP contribution in [0.2, 0.25) is 0 Å². The van der Waals surface area contributed by atoms with Crippen LogP contribution in [0, 0.1) is 0 Å². The Balaban J connectivity index is 2.54. The number of aromatic hydroxyl groups is 1. The molecule has 1 rings (SSSR count). The molecular weight excluding hydrogens is 232 g/mol. The number of phenols is 1. The van der Waals surface area contributed by atoms with Crippen LogP contribution in [-0.2, 0) is 0 Å². The van der Waals surface area contributed by atoms with Gasteiger partial charge >= 0.3 is 12.3 Å². The molecule has 0 aliphatic heterocycles. The van der Waals surface area contributed by atoms with Gasteiger partial charge in [0, 0.05) is 4.90 Å². The Labute approximate surface area is 88.1 Å². The molecule has 0 amide bonds. The summed E-state index contributed by atoms with van der Waals surface area (Å²) < 4.78 is 48.5. The van der Waals surface area contributed by atoms with Gasteiger partial charge in [-0.15, -0.1) is 11.8 Å². The van der Waals surface area contributed by atoms with E-state index in [0.29, 0.717) is 16.7 Å². The number of phenolic OH excluding ortho intramolecular Hbond substituents is 1. The van der Waals surface area contributed by atoms with Gasteiger partial charge in [-0.25, -0.2) is 8.78 Å². The molecule has 0 saturated heterocycles. The highest BCUT2D eigenvalue weighted by Crippen LogP contribution is 2.31. The van der Waals surface area contributed by atoms with Crippen molar-refractivity contribution in [2.75, 3.05) is 5.75 Å². The molecule has 0 atom stereocenters. The highest BCUT2D eigenvalue weighted by Gasteiger charge is 2.40. The van der Waals surface area contributed by atoms with Gasteiger partial charge in [-0.1, -0.05) is 0 Å². The highest BCUT2D eigenvalue weighted by molar-refractivity contribution is 7.99. The number of hydrogen-bond donors (Lipinski definition) is 1. The summed E-state index contributed by atoms with van der Waals surface area (Å²) >= 11 is 0.623. The van der Waals surface area contributed by atoms with Crippen LogP contribution >= 0.6 is 11.8 Å². The van der Waals surface area contributed by atoms with Crippen molar-refractivity contribution in [3.05, 3.63) is 24.3 Å². The predicted molar refractivity (Wildman–Crippen MR) is 49.8 cm³/mol. The molecule has 0 aliphatic rings. The normalized spacial score (nSPS) is 12.1. The van der Waals surface area contributed by atoms with Crippen molar-refractivity contribution in [1.29, 1.82) is 0 Å². The second-order valence-electron chi connectivity index (χ2n) is 2.84. The Hall–Kier alpha value is -0.910. The predicted octanol–water partition coefficient (Wildman–Crippen LogP) is 3.38. The van der Waals surface area contributed by atoms with Crippen molar-refractivity contribution < 1.29 is 22.7 Å². The maximum absolute atomic E-state index is 12.5. The topological polar surface area (TPSA) is 20.2 Å². The number of thioether (sulfide) groups is 1. The quantitative estimate of drug-likeness (QED) is 0.643. The third-order valence-corrected chi connectivity index (χ3v) is 2.72. The van der Waals surface area contributed by atoms with E-state index < -0.39 is 18.1 Å². The summed E-state index contributed by atoms with van der Waals surface area (Å²) in [7, 11) is 0. The van der Waals surface area contributed by atoms with Crippen molar-refractivity contribution in [3.63, 3.8) is 0 Å². The molecule has 84 valence electrons. The van der Waals surface area contributed by atoms with Gasteiger partial charge in [0.25, 0.3) is 0 Å². The van der Waals surface area contributed by atoms with E-state index in [1.807, 2.05) is 0 Å². The lowest BCUT2D eigenvalue weighted by Crippen LogP contribution is -2.29. The van der Waals surface area contributed by atoms with Crippen molar-refractivity contribution >= 4 is 11.8 Å². The van der Waals surface area contributed by atoms with Gasteiger partial charge in [-0.3, -0.25) is 0 Å². The minimum atomic E-state index is -3.98. The third-order valence-electron chi connectivity index (χ3n) is 1.59. The van der Waals surface area contributed by atoms with Crippen molar-refractivity contribution in [1.82, 2.24) is 0 Å². The first-order valence-electron chi connectivity index (χ1n) is 3.99. The number of benzene rings is 1. The lowest BCUT2D eigenvalue weighted by molar-refractivity contribution is -0.109. The van der Waals surface area contributed by atoms with Crippen LogP contribution in [0.3, 0.4) is 0 Å². The van der Waals surface area contributed by atoms with Gasteiger partial charge in [0.05, 0.1) is 5.75 Å². The van der Waals surface area contributed by atoms with E-state index in [2.05, 4.69) is 0 Å². The number of rotatable bonds is 4. The Morgan fingerprint density at radius 2 is 1.73 bits per heavy atom. The molecule has 1 nitrogen and oxygen atoms in total. The summed E-state index contributed by atoms with van der Waals surface area (Å²) in [6.45, 7) is 0. The standard InChI is InChI=1S/C9H8F4OS/c10-8(11)9(12,13)5-15-7-3-1-6(14)2-4-7/h1-4,8,14H,5H2. The van der Waals surface area contributed by atoms with E-state index in [0.717, 1.165) is 0 Å². The fourth-order valence-electron chi connectivity index (χ4n) is 0.785. The van der Waals surface area contributed by atoms with Gasteiger partial charge in [0.15, 0.2) is 0 Å². The van der Waals surface area contributed by atoms with Crippen molar-refractivity contribution in [2.24, 2.45) is 0 Å². The molecular formula is C9H8F4OS. The zero-order valence-corrected chi connectivity index (χ0v) is 8.28. The average molecular weight is 240 g/mol. The first-order chi connectivity index (χ1) is 6.92. The molecule has 0 spiro atoms. The Bertz CT molecular complexity index is 312. The van der Waals surface area contributed by atoms with Crippen LogP contribution in [0.25, 0.3) is 0 Å². The van der Waals surface area contributed by atoms with E-state index in [1.165, 1.54) is 24.3 Å². The Morgan fingerprint density at radius 3 is 2.20 bits per heavy atom. The first kappa shape index (κ1) is 12.2.